The molecule has 0 aromatic heterocycles. The van der Waals surface area contributed by atoms with Crippen LogP contribution >= 0.6 is 0 Å². The summed E-state index contributed by atoms with van der Waals surface area (Å²) in [4.78, 5) is 120. The summed E-state index contributed by atoms with van der Waals surface area (Å²) in [5.41, 5.74) is -1.93. The summed E-state index contributed by atoms with van der Waals surface area (Å²) < 4.78 is 24.8. The number of unbranched alkanes of at least 4 members (excludes halogenated alkanes) is 1. The zero-order valence-corrected chi connectivity index (χ0v) is 31.3. The predicted molar refractivity (Wildman–Crippen MR) is 183 cm³/mol. The van der Waals surface area contributed by atoms with Crippen molar-refractivity contribution < 1.29 is 97.2 Å². The lowest BCUT2D eigenvalue weighted by molar-refractivity contribution is -0.179. The number of nitrogens with zero attached hydrogens (tertiary/aromatic N) is 3. The molecule has 0 aromatic carbocycles. The van der Waals surface area contributed by atoms with Gasteiger partial charge < -0.3 is 54.5 Å². The van der Waals surface area contributed by atoms with Crippen LogP contribution in [0.4, 0.5) is 4.79 Å². The number of carbonyl (C=O) groups excluding carboxylic acids is 5. The van der Waals surface area contributed by atoms with Crippen molar-refractivity contribution in [3.05, 3.63) is 0 Å². The third kappa shape index (κ3) is 23.9. The molecule has 0 saturated carbocycles. The average molecular weight is 811 g/mol. The number of amides is 1. The molecule has 318 valence electrons. The van der Waals surface area contributed by atoms with Crippen molar-refractivity contribution in [3.8, 4) is 0 Å². The number of hydrogen-bond donors (Lipinski definition) is 6. The molecule has 0 fully saturated rings. The molecule has 0 radical (unpaired) electrons. The Balaban J connectivity index is 5.37. The van der Waals surface area contributed by atoms with Crippen molar-refractivity contribution in [1.29, 1.82) is 0 Å². The van der Waals surface area contributed by atoms with Crippen molar-refractivity contribution in [2.75, 3.05) is 91.9 Å². The number of aliphatic carboxylic acids is 5. The minimum Gasteiger partial charge on any atom is -0.480 e. The molecular formula is C32H50N4O20. The Kier molecular flexibility index (Phi) is 24.3. The first-order valence-electron chi connectivity index (χ1n) is 16.9. The monoisotopic (exact) mass is 810 g/mol. The van der Waals surface area contributed by atoms with Crippen LogP contribution in [0.2, 0.25) is 0 Å². The van der Waals surface area contributed by atoms with Crippen LogP contribution in [0.25, 0.3) is 0 Å². The number of alkyl carbamates (subject to hydrolysis) is 1. The molecule has 0 spiro atoms. The van der Waals surface area contributed by atoms with Crippen LogP contribution in [0, 0.1) is 5.41 Å². The minimum atomic E-state index is -1.93. The summed E-state index contributed by atoms with van der Waals surface area (Å²) >= 11 is 0. The van der Waals surface area contributed by atoms with Crippen LogP contribution < -0.4 is 5.32 Å². The van der Waals surface area contributed by atoms with E-state index in [2.05, 4.69) is 5.32 Å². The lowest BCUT2D eigenvalue weighted by atomic mass is 9.91. The van der Waals surface area contributed by atoms with Gasteiger partial charge in [-0.3, -0.25) is 57.9 Å². The molecular weight excluding hydrogens is 760 g/mol. The van der Waals surface area contributed by atoms with Gasteiger partial charge in [-0.15, -0.1) is 0 Å². The van der Waals surface area contributed by atoms with E-state index in [1.54, 1.807) is 0 Å². The molecule has 6 N–H and O–H groups in total. The molecule has 24 nitrogen and oxygen atoms in total. The third-order valence-electron chi connectivity index (χ3n) is 7.38. The fraction of sp³-hybridized carbons (Fsp3) is 0.688. The Morgan fingerprint density at radius 2 is 0.946 bits per heavy atom. The molecule has 1 atom stereocenters. The van der Waals surface area contributed by atoms with Gasteiger partial charge >= 0.3 is 59.8 Å². The van der Waals surface area contributed by atoms with Gasteiger partial charge in [-0.05, 0) is 19.3 Å². The van der Waals surface area contributed by atoms with Gasteiger partial charge in [-0.2, -0.15) is 0 Å². The quantitative estimate of drug-likeness (QED) is 0.0246. The number of carboxylic acid groups (broad SMARTS) is 5. The number of nitrogens with one attached hydrogen (secondary N) is 1. The van der Waals surface area contributed by atoms with Crippen LogP contribution in [0.1, 0.15) is 40.0 Å². The normalized spacial score (nSPS) is 11.7. The molecule has 0 aromatic rings. The van der Waals surface area contributed by atoms with E-state index in [9.17, 15) is 53.1 Å². The Hall–Kier alpha value is -5.62. The molecule has 56 heavy (non-hydrogen) atoms. The highest BCUT2D eigenvalue weighted by Crippen LogP contribution is 2.23. The van der Waals surface area contributed by atoms with Crippen LogP contribution in [0.3, 0.4) is 0 Å². The second-order valence-corrected chi connectivity index (χ2v) is 12.2. The average Bonchev–Trinajstić information content (AvgIpc) is 3.06. The molecule has 1 amide bonds. The summed E-state index contributed by atoms with van der Waals surface area (Å²) in [7, 11) is 0. The number of carboxylic acids is 5. The van der Waals surface area contributed by atoms with Crippen LogP contribution in [-0.4, -0.2) is 198 Å². The molecule has 0 aliphatic carbocycles. The van der Waals surface area contributed by atoms with Crippen LogP contribution in [0.5, 0.6) is 0 Å². The zero-order chi connectivity index (χ0) is 42.8. The smallest absolute Gasteiger partial charge is 0.407 e. The summed E-state index contributed by atoms with van der Waals surface area (Å²) in [6.07, 6.45) is -0.603. The van der Waals surface area contributed by atoms with E-state index in [4.69, 9.17) is 44.1 Å². The van der Waals surface area contributed by atoms with Crippen molar-refractivity contribution >= 4 is 59.8 Å². The van der Waals surface area contributed by atoms with E-state index in [0.29, 0.717) is 0 Å². The van der Waals surface area contributed by atoms with Crippen molar-refractivity contribution in [3.63, 3.8) is 0 Å². The van der Waals surface area contributed by atoms with Crippen molar-refractivity contribution in [2.24, 2.45) is 5.41 Å². The maximum absolute atomic E-state index is 13.0. The molecule has 0 aliphatic rings. The fourth-order valence-electron chi connectivity index (χ4n) is 4.77. The first-order chi connectivity index (χ1) is 26.2. The fourth-order valence-corrected chi connectivity index (χ4v) is 4.77. The van der Waals surface area contributed by atoms with Gasteiger partial charge in [0, 0.05) is 53.5 Å². The van der Waals surface area contributed by atoms with E-state index < -0.39 is 130 Å². The SMILES string of the molecule is CC(=O)OCC(COC(C)=O)(COC(C)=O)C(=O)OCCOC(=O)NCCCCC(C(=O)O)N(CCN(CC(=O)O)CC(=O)O)CCN(CC(=O)O)CC(=O)O. The molecule has 0 aliphatic heterocycles. The highest BCUT2D eigenvalue weighted by atomic mass is 16.6. The van der Waals surface area contributed by atoms with Gasteiger partial charge in [-0.1, -0.05) is 0 Å². The number of ether oxygens (including phenoxy) is 5. The topological polar surface area (TPSA) is 340 Å². The van der Waals surface area contributed by atoms with E-state index in [-0.39, 0.29) is 52.0 Å². The second kappa shape index (κ2) is 27.0. The predicted octanol–water partition coefficient (Wildman–Crippen LogP) is -2.20. The number of carbonyl (C=O) groups is 10. The third-order valence-corrected chi connectivity index (χ3v) is 7.38. The molecule has 0 saturated heterocycles. The van der Waals surface area contributed by atoms with Gasteiger partial charge in [-0.25, -0.2) is 4.79 Å². The lowest BCUT2D eigenvalue weighted by Gasteiger charge is -2.32. The first kappa shape index (κ1) is 50.4. The Bertz CT molecular complexity index is 1260. The van der Waals surface area contributed by atoms with Gasteiger partial charge in [0.05, 0.1) is 26.2 Å². The van der Waals surface area contributed by atoms with E-state index in [1.807, 2.05) is 0 Å². The van der Waals surface area contributed by atoms with Crippen LogP contribution in [-0.2, 0) is 66.8 Å². The van der Waals surface area contributed by atoms with Crippen molar-refractivity contribution in [2.45, 2.75) is 46.1 Å². The van der Waals surface area contributed by atoms with Gasteiger partial charge in [0.25, 0.3) is 0 Å². The Labute approximate surface area is 320 Å². The molecule has 0 rings (SSSR count). The largest absolute Gasteiger partial charge is 0.480 e. The van der Waals surface area contributed by atoms with E-state index in [0.717, 1.165) is 30.6 Å². The highest BCUT2D eigenvalue weighted by Gasteiger charge is 2.45. The van der Waals surface area contributed by atoms with Gasteiger partial charge in [0.1, 0.15) is 39.1 Å². The maximum Gasteiger partial charge on any atom is 0.407 e. The lowest BCUT2D eigenvalue weighted by Crippen LogP contribution is -2.50. The number of rotatable bonds is 31. The molecule has 24 heteroatoms. The van der Waals surface area contributed by atoms with Gasteiger partial charge in [0.15, 0.2) is 5.41 Å². The van der Waals surface area contributed by atoms with Crippen LogP contribution in [0.15, 0.2) is 0 Å². The second-order valence-electron chi connectivity index (χ2n) is 12.2. The summed E-state index contributed by atoms with van der Waals surface area (Å²) in [5, 5.41) is 49.1. The number of hydrogen-bond acceptors (Lipinski definition) is 18. The Morgan fingerprint density at radius 3 is 1.30 bits per heavy atom. The maximum atomic E-state index is 13.0. The zero-order valence-electron chi connectivity index (χ0n) is 31.3. The highest BCUT2D eigenvalue weighted by molar-refractivity contribution is 5.79. The Morgan fingerprint density at radius 1 is 0.554 bits per heavy atom. The molecule has 0 heterocycles. The standard InChI is InChI=1S/C32H50N4O20/c1-21(37)54-18-32(19-55-22(2)38,20-56-23(3)39)30(50)52-12-13-53-31(51)33-7-5-4-6-24(29(48)49)36(10-8-34(14-25(40)41)15-26(42)43)11-9-35(16-27(44)45)17-28(46)47/h24H,4-20H2,1-3H3,(H,33,51)(H,40,41)(H,42,43)(H,44,45)(H,46,47)(H,48,49). The van der Waals surface area contributed by atoms with E-state index >= 15 is 0 Å². The first-order valence-corrected chi connectivity index (χ1v) is 16.9. The number of esters is 4. The van der Waals surface area contributed by atoms with Gasteiger partial charge in [0.2, 0.25) is 0 Å². The van der Waals surface area contributed by atoms with E-state index in [1.165, 1.54) is 4.90 Å². The summed E-state index contributed by atoms with van der Waals surface area (Å²) in [5.74, 6) is -10.1. The molecule has 1 unspecified atom stereocenters. The van der Waals surface area contributed by atoms with Crippen molar-refractivity contribution in [1.82, 2.24) is 20.0 Å². The summed E-state index contributed by atoms with van der Waals surface area (Å²) in [6, 6.07) is -1.26. The summed E-state index contributed by atoms with van der Waals surface area (Å²) in [6.45, 7) is -3.35. The minimum absolute atomic E-state index is 0.0166. The molecule has 0 bridgehead atoms.